The van der Waals surface area contributed by atoms with Gasteiger partial charge in [0.1, 0.15) is 5.75 Å². The maximum Gasteiger partial charge on any atom is 0.217 e. The second-order valence-electron chi connectivity index (χ2n) is 6.48. The molecule has 1 aliphatic carbocycles. The SMILES string of the molecule is NC(=O)CC1CC(Oc2ccc(CN3CCCC3)c(Cl)c2)C1. The third-order valence-corrected chi connectivity index (χ3v) is 4.95. The van der Waals surface area contributed by atoms with E-state index >= 15 is 0 Å². The number of carbonyl (C=O) groups is 1. The summed E-state index contributed by atoms with van der Waals surface area (Å²) in [6.07, 6.45) is 5.02. The first kappa shape index (κ1) is 15.6. The number of rotatable bonds is 6. The molecule has 1 aromatic rings. The number of hydrogen-bond donors (Lipinski definition) is 1. The Morgan fingerprint density at radius 2 is 2.05 bits per heavy atom. The molecule has 1 saturated carbocycles. The van der Waals surface area contributed by atoms with Crippen LogP contribution in [0.3, 0.4) is 0 Å². The maximum atomic E-state index is 10.9. The van der Waals surface area contributed by atoms with Crippen molar-refractivity contribution in [2.75, 3.05) is 13.1 Å². The van der Waals surface area contributed by atoms with E-state index in [1.807, 2.05) is 12.1 Å². The van der Waals surface area contributed by atoms with Gasteiger partial charge in [0.2, 0.25) is 5.91 Å². The molecule has 5 heteroatoms. The molecule has 2 fully saturated rings. The highest BCUT2D eigenvalue weighted by Gasteiger charge is 2.31. The van der Waals surface area contributed by atoms with Gasteiger partial charge in [-0.2, -0.15) is 0 Å². The van der Waals surface area contributed by atoms with Crippen molar-refractivity contribution in [3.8, 4) is 5.75 Å². The fourth-order valence-electron chi connectivity index (χ4n) is 3.33. The summed E-state index contributed by atoms with van der Waals surface area (Å²) in [5.41, 5.74) is 6.37. The van der Waals surface area contributed by atoms with Crippen LogP contribution in [0.25, 0.3) is 0 Å². The molecule has 1 heterocycles. The maximum absolute atomic E-state index is 10.9. The van der Waals surface area contributed by atoms with Crippen LogP contribution in [0.5, 0.6) is 5.75 Å². The zero-order valence-corrected chi connectivity index (χ0v) is 13.5. The standard InChI is InChI=1S/C17H23ClN2O2/c18-16-10-14(22-15-7-12(8-15)9-17(19)21)4-3-13(16)11-20-5-1-2-6-20/h3-4,10,12,15H,1-2,5-9,11H2,(H2,19,21). The summed E-state index contributed by atoms with van der Waals surface area (Å²) in [7, 11) is 0. The molecule has 1 amide bonds. The van der Waals surface area contributed by atoms with Gasteiger partial charge in [0, 0.05) is 18.0 Å². The molecule has 3 rings (SSSR count). The van der Waals surface area contributed by atoms with Gasteiger partial charge in [-0.05, 0) is 62.4 Å². The van der Waals surface area contributed by atoms with Gasteiger partial charge in [-0.1, -0.05) is 17.7 Å². The van der Waals surface area contributed by atoms with E-state index in [0.717, 1.165) is 48.8 Å². The minimum atomic E-state index is -0.224. The second kappa shape index (κ2) is 6.88. The number of nitrogens with zero attached hydrogens (tertiary/aromatic N) is 1. The largest absolute Gasteiger partial charge is 0.490 e. The summed E-state index contributed by atoms with van der Waals surface area (Å²) in [6.45, 7) is 3.25. The highest BCUT2D eigenvalue weighted by atomic mass is 35.5. The number of amides is 1. The Kier molecular flexibility index (Phi) is 4.89. The molecule has 0 bridgehead atoms. The first-order valence-electron chi connectivity index (χ1n) is 8.06. The van der Waals surface area contributed by atoms with Gasteiger partial charge in [0.15, 0.2) is 0 Å². The van der Waals surface area contributed by atoms with Crippen LogP contribution in [0.15, 0.2) is 18.2 Å². The fraction of sp³-hybridized carbons (Fsp3) is 0.588. The molecule has 0 aromatic heterocycles. The molecule has 1 aliphatic heterocycles. The Hall–Kier alpha value is -1.26. The molecule has 22 heavy (non-hydrogen) atoms. The predicted molar refractivity (Wildman–Crippen MR) is 86.9 cm³/mol. The van der Waals surface area contributed by atoms with Crippen LogP contribution in [0, 0.1) is 5.92 Å². The first-order valence-corrected chi connectivity index (χ1v) is 8.43. The molecular weight excluding hydrogens is 300 g/mol. The minimum absolute atomic E-state index is 0.185. The molecule has 120 valence electrons. The lowest BCUT2D eigenvalue weighted by Crippen LogP contribution is -2.36. The van der Waals surface area contributed by atoms with Gasteiger partial charge in [-0.15, -0.1) is 0 Å². The van der Waals surface area contributed by atoms with Gasteiger partial charge < -0.3 is 10.5 Å². The molecule has 2 N–H and O–H groups in total. The third kappa shape index (κ3) is 3.93. The van der Waals surface area contributed by atoms with E-state index in [4.69, 9.17) is 22.1 Å². The van der Waals surface area contributed by atoms with Crippen molar-refractivity contribution in [3.05, 3.63) is 28.8 Å². The Morgan fingerprint density at radius 1 is 1.32 bits per heavy atom. The van der Waals surface area contributed by atoms with E-state index in [1.165, 1.54) is 12.8 Å². The van der Waals surface area contributed by atoms with E-state index in [0.29, 0.717) is 12.3 Å². The van der Waals surface area contributed by atoms with E-state index in [9.17, 15) is 4.79 Å². The average molecular weight is 323 g/mol. The van der Waals surface area contributed by atoms with Crippen molar-refractivity contribution in [1.82, 2.24) is 4.90 Å². The van der Waals surface area contributed by atoms with Crippen LogP contribution in [-0.4, -0.2) is 30.0 Å². The highest BCUT2D eigenvalue weighted by molar-refractivity contribution is 6.31. The van der Waals surface area contributed by atoms with Crippen molar-refractivity contribution in [2.24, 2.45) is 11.7 Å². The molecule has 0 spiro atoms. The zero-order chi connectivity index (χ0) is 15.5. The quantitative estimate of drug-likeness (QED) is 0.876. The van der Waals surface area contributed by atoms with E-state index in [2.05, 4.69) is 11.0 Å². The van der Waals surface area contributed by atoms with Crippen LogP contribution in [0.4, 0.5) is 0 Å². The number of carbonyl (C=O) groups excluding carboxylic acids is 1. The number of nitrogens with two attached hydrogens (primary N) is 1. The summed E-state index contributed by atoms with van der Waals surface area (Å²) < 4.78 is 5.92. The predicted octanol–water partition coefficient (Wildman–Crippen LogP) is 2.97. The lowest BCUT2D eigenvalue weighted by molar-refractivity contribution is -0.120. The number of benzene rings is 1. The number of hydrogen-bond acceptors (Lipinski definition) is 3. The van der Waals surface area contributed by atoms with Crippen molar-refractivity contribution in [3.63, 3.8) is 0 Å². The summed E-state index contributed by atoms with van der Waals surface area (Å²) in [6, 6.07) is 5.97. The van der Waals surface area contributed by atoms with Crippen LogP contribution < -0.4 is 10.5 Å². The Labute approximate surface area is 136 Å². The van der Waals surface area contributed by atoms with Gasteiger partial charge in [-0.25, -0.2) is 0 Å². The molecular formula is C17H23ClN2O2. The lowest BCUT2D eigenvalue weighted by Gasteiger charge is -2.34. The molecule has 1 saturated heterocycles. The minimum Gasteiger partial charge on any atom is -0.490 e. The molecule has 4 nitrogen and oxygen atoms in total. The Morgan fingerprint density at radius 3 is 2.68 bits per heavy atom. The molecule has 1 aromatic carbocycles. The molecule has 0 radical (unpaired) electrons. The lowest BCUT2D eigenvalue weighted by atomic mass is 9.80. The van der Waals surface area contributed by atoms with Crippen molar-refractivity contribution in [2.45, 2.75) is 44.8 Å². The summed E-state index contributed by atoms with van der Waals surface area (Å²) in [5, 5.41) is 0.775. The van der Waals surface area contributed by atoms with E-state index < -0.39 is 0 Å². The second-order valence-corrected chi connectivity index (χ2v) is 6.89. The zero-order valence-electron chi connectivity index (χ0n) is 12.8. The molecule has 0 atom stereocenters. The van der Waals surface area contributed by atoms with Crippen LogP contribution in [-0.2, 0) is 11.3 Å². The smallest absolute Gasteiger partial charge is 0.217 e. The van der Waals surface area contributed by atoms with Gasteiger partial charge in [0.25, 0.3) is 0 Å². The molecule has 0 unspecified atom stereocenters. The Balaban J connectivity index is 1.51. The molecule has 2 aliphatic rings. The van der Waals surface area contributed by atoms with Crippen molar-refractivity contribution >= 4 is 17.5 Å². The van der Waals surface area contributed by atoms with E-state index in [-0.39, 0.29) is 12.0 Å². The van der Waals surface area contributed by atoms with Crippen molar-refractivity contribution < 1.29 is 9.53 Å². The van der Waals surface area contributed by atoms with E-state index in [1.54, 1.807) is 0 Å². The van der Waals surface area contributed by atoms with Crippen LogP contribution in [0.2, 0.25) is 5.02 Å². The van der Waals surface area contributed by atoms with Crippen LogP contribution >= 0.6 is 11.6 Å². The topological polar surface area (TPSA) is 55.6 Å². The normalized spacial score (nSPS) is 25.0. The number of likely N-dealkylation sites (tertiary alicyclic amines) is 1. The summed E-state index contributed by atoms with van der Waals surface area (Å²) >= 11 is 6.38. The Bertz CT molecular complexity index is 537. The summed E-state index contributed by atoms with van der Waals surface area (Å²) in [5.74, 6) is 0.975. The van der Waals surface area contributed by atoms with Gasteiger partial charge in [0.05, 0.1) is 6.10 Å². The first-order chi connectivity index (χ1) is 10.6. The van der Waals surface area contributed by atoms with Crippen molar-refractivity contribution in [1.29, 1.82) is 0 Å². The number of ether oxygens (including phenoxy) is 1. The number of primary amides is 1. The van der Waals surface area contributed by atoms with Gasteiger partial charge >= 0.3 is 0 Å². The van der Waals surface area contributed by atoms with Crippen LogP contribution in [0.1, 0.15) is 37.7 Å². The fourth-order valence-corrected chi connectivity index (χ4v) is 3.56. The third-order valence-electron chi connectivity index (χ3n) is 4.60. The average Bonchev–Trinajstić information content (AvgIpc) is 2.92. The highest BCUT2D eigenvalue weighted by Crippen LogP contribution is 2.34. The summed E-state index contributed by atoms with van der Waals surface area (Å²) in [4.78, 5) is 13.3. The van der Waals surface area contributed by atoms with Gasteiger partial charge in [-0.3, -0.25) is 9.69 Å². The number of halogens is 1. The monoisotopic (exact) mass is 322 g/mol.